The van der Waals surface area contributed by atoms with E-state index in [1.807, 2.05) is 0 Å². The molecule has 2 atom stereocenters. The molecule has 1 N–H and O–H groups in total. The number of fused-ring (bicyclic) bond motifs is 1. The Hall–Kier alpha value is -0.940. The third-order valence-corrected chi connectivity index (χ3v) is 4.67. The van der Waals surface area contributed by atoms with Gasteiger partial charge in [-0.05, 0) is 38.1 Å². The van der Waals surface area contributed by atoms with Crippen molar-refractivity contribution in [2.75, 3.05) is 19.7 Å². The predicted molar refractivity (Wildman–Crippen MR) is 82.4 cm³/mol. The molecule has 21 heavy (non-hydrogen) atoms. The summed E-state index contributed by atoms with van der Waals surface area (Å²) in [5.41, 5.74) is 0. The maximum absolute atomic E-state index is 5.77. The van der Waals surface area contributed by atoms with Crippen molar-refractivity contribution >= 4 is 0 Å². The molecule has 1 aromatic rings. The molecular weight excluding hydrogens is 264 g/mol. The highest BCUT2D eigenvalue weighted by Gasteiger charge is 2.24. The largest absolute Gasteiger partial charge is 0.377 e. The van der Waals surface area contributed by atoms with Gasteiger partial charge < -0.3 is 14.6 Å². The first-order chi connectivity index (χ1) is 10.2. The average molecular weight is 292 g/mol. The molecule has 0 aliphatic carbocycles. The van der Waals surface area contributed by atoms with Crippen molar-refractivity contribution in [3.8, 4) is 0 Å². The van der Waals surface area contributed by atoms with Crippen molar-refractivity contribution in [2.45, 2.75) is 64.5 Å². The Morgan fingerprint density at radius 2 is 2.14 bits per heavy atom. The molecule has 0 aromatic carbocycles. The maximum atomic E-state index is 5.77. The van der Waals surface area contributed by atoms with Crippen LogP contribution in [0.4, 0.5) is 0 Å². The van der Waals surface area contributed by atoms with Crippen molar-refractivity contribution < 1.29 is 4.74 Å². The van der Waals surface area contributed by atoms with E-state index in [9.17, 15) is 0 Å². The van der Waals surface area contributed by atoms with E-state index in [4.69, 9.17) is 4.74 Å². The number of nitrogens with one attached hydrogen (secondary N) is 1. The molecule has 3 heterocycles. The maximum Gasteiger partial charge on any atom is 0.135 e. The number of hydrogen-bond donors (Lipinski definition) is 1. The summed E-state index contributed by atoms with van der Waals surface area (Å²) in [6.07, 6.45) is 6.47. The molecule has 0 bridgehead atoms. The minimum absolute atomic E-state index is 0.430. The third kappa shape index (κ3) is 3.64. The van der Waals surface area contributed by atoms with Gasteiger partial charge in [-0.15, -0.1) is 10.2 Å². The van der Waals surface area contributed by atoms with Gasteiger partial charge in [-0.3, -0.25) is 0 Å². The van der Waals surface area contributed by atoms with Gasteiger partial charge in [-0.2, -0.15) is 0 Å². The van der Waals surface area contributed by atoms with E-state index in [2.05, 4.69) is 33.9 Å². The van der Waals surface area contributed by atoms with Crippen molar-refractivity contribution in [1.29, 1.82) is 0 Å². The van der Waals surface area contributed by atoms with Crippen LogP contribution >= 0.6 is 0 Å². The van der Waals surface area contributed by atoms with E-state index in [1.54, 1.807) is 0 Å². The minimum Gasteiger partial charge on any atom is -0.377 e. The van der Waals surface area contributed by atoms with Gasteiger partial charge in [0, 0.05) is 32.0 Å². The lowest BCUT2D eigenvalue weighted by Crippen LogP contribution is -2.37. The van der Waals surface area contributed by atoms with Crippen molar-refractivity contribution in [1.82, 2.24) is 20.1 Å². The van der Waals surface area contributed by atoms with Crippen LogP contribution < -0.4 is 5.32 Å². The molecule has 118 valence electrons. The summed E-state index contributed by atoms with van der Waals surface area (Å²) in [5, 5.41) is 12.3. The molecule has 0 saturated carbocycles. The van der Waals surface area contributed by atoms with Gasteiger partial charge in [0.05, 0.1) is 6.10 Å². The lowest BCUT2D eigenvalue weighted by molar-refractivity contribution is 0.0163. The molecule has 0 spiro atoms. The number of ether oxygens (including phenoxy) is 1. The van der Waals surface area contributed by atoms with Crippen LogP contribution in [0, 0.1) is 5.92 Å². The van der Waals surface area contributed by atoms with Crippen LogP contribution in [-0.2, 0) is 17.7 Å². The van der Waals surface area contributed by atoms with Gasteiger partial charge in [0.2, 0.25) is 0 Å². The second kappa shape index (κ2) is 6.88. The zero-order valence-corrected chi connectivity index (χ0v) is 13.3. The predicted octanol–water partition coefficient (Wildman–Crippen LogP) is 2.12. The smallest absolute Gasteiger partial charge is 0.135 e. The van der Waals surface area contributed by atoms with Crippen molar-refractivity contribution in [2.24, 2.45) is 5.92 Å². The fourth-order valence-electron chi connectivity index (χ4n) is 3.43. The van der Waals surface area contributed by atoms with Gasteiger partial charge in [-0.25, -0.2) is 0 Å². The van der Waals surface area contributed by atoms with Crippen LogP contribution in [0.2, 0.25) is 0 Å². The first kappa shape index (κ1) is 15.0. The van der Waals surface area contributed by atoms with E-state index in [0.29, 0.717) is 17.9 Å². The van der Waals surface area contributed by atoms with E-state index in [1.165, 1.54) is 31.5 Å². The number of aromatic nitrogens is 3. The molecule has 5 heteroatoms. The van der Waals surface area contributed by atoms with Crippen LogP contribution in [0.15, 0.2) is 0 Å². The fourth-order valence-corrected chi connectivity index (χ4v) is 3.43. The summed E-state index contributed by atoms with van der Waals surface area (Å²) < 4.78 is 8.12. The summed E-state index contributed by atoms with van der Waals surface area (Å²) in [4.78, 5) is 0. The molecule has 2 unspecified atom stereocenters. The first-order valence-corrected chi connectivity index (χ1v) is 8.48. The molecule has 0 amide bonds. The molecule has 2 aliphatic rings. The quantitative estimate of drug-likeness (QED) is 0.903. The molecule has 5 nitrogen and oxygen atoms in total. The molecule has 1 fully saturated rings. The number of aryl methyl sites for hydroxylation is 1. The molecule has 1 saturated heterocycles. The highest BCUT2D eigenvalue weighted by Crippen LogP contribution is 2.23. The Morgan fingerprint density at radius 3 is 2.90 bits per heavy atom. The standard InChI is InChI=1S/C16H28N4O/c1-12(2)16-19-18-15-7-6-13(11-20(15)16)9-17-10-14-5-3-4-8-21-14/h12-14,17H,3-11H2,1-2H3. The molecule has 3 rings (SSSR count). The van der Waals surface area contributed by atoms with E-state index in [0.717, 1.165) is 38.5 Å². The van der Waals surface area contributed by atoms with E-state index in [-0.39, 0.29) is 0 Å². The van der Waals surface area contributed by atoms with Gasteiger partial charge in [-0.1, -0.05) is 13.8 Å². The Morgan fingerprint density at radius 1 is 1.24 bits per heavy atom. The molecular formula is C16H28N4O. The van der Waals surface area contributed by atoms with E-state index < -0.39 is 0 Å². The summed E-state index contributed by atoms with van der Waals surface area (Å²) in [6, 6.07) is 0. The zero-order valence-electron chi connectivity index (χ0n) is 13.3. The summed E-state index contributed by atoms with van der Waals surface area (Å²) >= 11 is 0. The van der Waals surface area contributed by atoms with Crippen molar-refractivity contribution in [3.63, 3.8) is 0 Å². The van der Waals surface area contributed by atoms with Crippen LogP contribution in [0.5, 0.6) is 0 Å². The number of rotatable bonds is 5. The lowest BCUT2D eigenvalue weighted by atomic mass is 9.98. The van der Waals surface area contributed by atoms with Crippen LogP contribution in [0.25, 0.3) is 0 Å². The first-order valence-electron chi connectivity index (χ1n) is 8.48. The Labute approximate surface area is 127 Å². The number of nitrogens with zero attached hydrogens (tertiary/aromatic N) is 3. The van der Waals surface area contributed by atoms with E-state index >= 15 is 0 Å². The topological polar surface area (TPSA) is 52.0 Å². The normalized spacial score (nSPS) is 26.0. The summed E-state index contributed by atoms with van der Waals surface area (Å²) in [6.45, 7) is 8.47. The highest BCUT2D eigenvalue weighted by molar-refractivity contribution is 5.03. The summed E-state index contributed by atoms with van der Waals surface area (Å²) in [7, 11) is 0. The Kier molecular flexibility index (Phi) is 4.91. The Balaban J connectivity index is 1.48. The lowest BCUT2D eigenvalue weighted by Gasteiger charge is -2.27. The van der Waals surface area contributed by atoms with Crippen LogP contribution in [0.1, 0.15) is 57.1 Å². The molecule has 1 aromatic heterocycles. The molecule has 2 aliphatic heterocycles. The fraction of sp³-hybridized carbons (Fsp3) is 0.875. The van der Waals surface area contributed by atoms with Crippen LogP contribution in [-0.4, -0.2) is 40.6 Å². The van der Waals surface area contributed by atoms with Gasteiger partial charge >= 0.3 is 0 Å². The number of hydrogen-bond acceptors (Lipinski definition) is 4. The van der Waals surface area contributed by atoms with Gasteiger partial charge in [0.15, 0.2) is 0 Å². The van der Waals surface area contributed by atoms with Crippen LogP contribution in [0.3, 0.4) is 0 Å². The molecule has 0 radical (unpaired) electrons. The van der Waals surface area contributed by atoms with Crippen molar-refractivity contribution in [3.05, 3.63) is 11.6 Å². The van der Waals surface area contributed by atoms with Gasteiger partial charge in [0.25, 0.3) is 0 Å². The monoisotopic (exact) mass is 292 g/mol. The van der Waals surface area contributed by atoms with Gasteiger partial charge in [0.1, 0.15) is 11.6 Å². The average Bonchev–Trinajstić information content (AvgIpc) is 2.92. The second-order valence-corrected chi connectivity index (χ2v) is 6.79. The summed E-state index contributed by atoms with van der Waals surface area (Å²) in [5.74, 6) is 3.46. The second-order valence-electron chi connectivity index (χ2n) is 6.79. The third-order valence-electron chi connectivity index (χ3n) is 4.67. The Bertz CT molecular complexity index is 451. The SMILES string of the molecule is CC(C)c1nnc2n1CC(CNCC1CCCCO1)CC2. The highest BCUT2D eigenvalue weighted by atomic mass is 16.5. The minimum atomic E-state index is 0.430. The zero-order chi connectivity index (χ0) is 14.7.